The van der Waals surface area contributed by atoms with Crippen molar-refractivity contribution in [2.75, 3.05) is 25.5 Å². The number of nitrogens with zero attached hydrogens (tertiary/aromatic N) is 1. The number of nitrogens with one attached hydrogen (secondary N) is 2. The maximum Gasteiger partial charge on any atom is 0.319 e. The Morgan fingerprint density at radius 1 is 1.00 bits per heavy atom. The lowest BCUT2D eigenvalue weighted by Crippen LogP contribution is -2.37. The van der Waals surface area contributed by atoms with E-state index in [4.69, 9.17) is 9.47 Å². The van der Waals surface area contributed by atoms with Crippen LogP contribution in [-0.4, -0.2) is 42.3 Å². The van der Waals surface area contributed by atoms with Crippen LogP contribution in [-0.2, 0) is 22.6 Å². The van der Waals surface area contributed by atoms with Crippen molar-refractivity contribution in [1.82, 2.24) is 10.2 Å². The Kier molecular flexibility index (Phi) is 9.46. The van der Waals surface area contributed by atoms with Gasteiger partial charge in [-0.1, -0.05) is 72.8 Å². The molecule has 0 unspecified atom stereocenters. The molecule has 1 heterocycles. The van der Waals surface area contributed by atoms with Crippen LogP contribution >= 0.6 is 0 Å². The van der Waals surface area contributed by atoms with Gasteiger partial charge in [0.15, 0.2) is 6.29 Å². The summed E-state index contributed by atoms with van der Waals surface area (Å²) in [6.45, 7) is 5.82. The lowest BCUT2D eigenvalue weighted by atomic mass is 9.99. The first kappa shape index (κ1) is 26.6. The standard InChI is InChI=1S/C30H35N3O4/c1-3-17-33(2)20-27-18-28(24-11-9-23(21-34)10-12-24)37-29(36-27)25-13-15-26(16-14-25)32-30(35)31-19-22-7-5-4-6-8-22/h3-16,27-29,34H,1,17-21H2,2H3,(H2,31,32,35)/t27-,28+,29+/m0/s1. The molecule has 37 heavy (non-hydrogen) atoms. The van der Waals surface area contributed by atoms with Crippen molar-refractivity contribution in [2.24, 2.45) is 0 Å². The van der Waals surface area contributed by atoms with Crippen LogP contribution in [0.1, 0.15) is 41.1 Å². The molecule has 0 aromatic heterocycles. The van der Waals surface area contributed by atoms with Crippen LogP contribution in [0.25, 0.3) is 0 Å². The number of carbonyl (C=O) groups is 1. The third kappa shape index (κ3) is 7.74. The summed E-state index contributed by atoms with van der Waals surface area (Å²) in [6.07, 6.45) is 1.88. The molecule has 0 bridgehead atoms. The molecule has 194 valence electrons. The molecule has 7 heteroatoms. The molecule has 3 N–H and O–H groups in total. The van der Waals surface area contributed by atoms with E-state index in [0.29, 0.717) is 12.2 Å². The van der Waals surface area contributed by atoms with Gasteiger partial charge in [0.25, 0.3) is 0 Å². The lowest BCUT2D eigenvalue weighted by Gasteiger charge is -2.37. The molecule has 1 saturated heterocycles. The second-order valence-corrected chi connectivity index (χ2v) is 9.28. The van der Waals surface area contributed by atoms with Gasteiger partial charge in [0.2, 0.25) is 0 Å². The summed E-state index contributed by atoms with van der Waals surface area (Å²) < 4.78 is 12.7. The van der Waals surface area contributed by atoms with Crippen molar-refractivity contribution in [3.05, 3.63) is 114 Å². The summed E-state index contributed by atoms with van der Waals surface area (Å²) in [7, 11) is 2.05. The van der Waals surface area contributed by atoms with Gasteiger partial charge in [-0.05, 0) is 35.9 Å². The summed E-state index contributed by atoms with van der Waals surface area (Å²) in [4.78, 5) is 14.5. The number of urea groups is 1. The highest BCUT2D eigenvalue weighted by molar-refractivity contribution is 5.89. The van der Waals surface area contributed by atoms with Crippen molar-refractivity contribution >= 4 is 11.7 Å². The predicted molar refractivity (Wildman–Crippen MR) is 145 cm³/mol. The fourth-order valence-electron chi connectivity index (χ4n) is 4.35. The van der Waals surface area contributed by atoms with E-state index < -0.39 is 6.29 Å². The summed E-state index contributed by atoms with van der Waals surface area (Å²) in [6, 6.07) is 24.9. The van der Waals surface area contributed by atoms with Crippen LogP contribution in [0, 0.1) is 0 Å². The van der Waals surface area contributed by atoms with Gasteiger partial charge in [0, 0.05) is 37.3 Å². The third-order valence-corrected chi connectivity index (χ3v) is 6.31. The Bertz CT molecular complexity index is 1140. The van der Waals surface area contributed by atoms with E-state index in [1.807, 2.05) is 92.0 Å². The highest BCUT2D eigenvalue weighted by atomic mass is 16.7. The molecular weight excluding hydrogens is 466 g/mol. The van der Waals surface area contributed by atoms with Gasteiger partial charge in [-0.15, -0.1) is 6.58 Å². The van der Waals surface area contributed by atoms with Gasteiger partial charge in [-0.2, -0.15) is 0 Å². The minimum Gasteiger partial charge on any atom is -0.392 e. The normalized spacial score (nSPS) is 19.4. The summed E-state index contributed by atoms with van der Waals surface area (Å²) >= 11 is 0. The number of ether oxygens (including phenoxy) is 2. The molecular formula is C30H35N3O4. The molecule has 0 spiro atoms. The lowest BCUT2D eigenvalue weighted by molar-refractivity contribution is -0.252. The maximum absolute atomic E-state index is 12.3. The van der Waals surface area contributed by atoms with Crippen molar-refractivity contribution in [3.63, 3.8) is 0 Å². The Labute approximate surface area is 218 Å². The van der Waals surface area contributed by atoms with Gasteiger partial charge in [-0.25, -0.2) is 4.79 Å². The molecule has 0 radical (unpaired) electrons. The number of carbonyl (C=O) groups excluding carboxylic acids is 1. The van der Waals surface area contributed by atoms with Gasteiger partial charge >= 0.3 is 6.03 Å². The number of aliphatic hydroxyl groups excluding tert-OH is 1. The zero-order valence-electron chi connectivity index (χ0n) is 21.2. The van der Waals surface area contributed by atoms with Crippen LogP contribution in [0.3, 0.4) is 0 Å². The van der Waals surface area contributed by atoms with Crippen molar-refractivity contribution < 1.29 is 19.4 Å². The highest BCUT2D eigenvalue weighted by Gasteiger charge is 2.32. The fourth-order valence-corrected chi connectivity index (χ4v) is 4.35. The van der Waals surface area contributed by atoms with E-state index in [1.165, 1.54) is 0 Å². The predicted octanol–water partition coefficient (Wildman–Crippen LogP) is 5.16. The highest BCUT2D eigenvalue weighted by Crippen LogP contribution is 2.38. The number of hydrogen-bond donors (Lipinski definition) is 3. The molecule has 1 aliphatic heterocycles. The second-order valence-electron chi connectivity index (χ2n) is 9.28. The Morgan fingerprint density at radius 2 is 1.70 bits per heavy atom. The Hall–Kier alpha value is -3.49. The van der Waals surface area contributed by atoms with E-state index >= 15 is 0 Å². The Morgan fingerprint density at radius 3 is 2.38 bits per heavy atom. The van der Waals surface area contributed by atoms with Gasteiger partial charge in [-0.3, -0.25) is 0 Å². The summed E-state index contributed by atoms with van der Waals surface area (Å²) in [5.74, 6) is 0. The maximum atomic E-state index is 12.3. The molecule has 0 aliphatic carbocycles. The Balaban J connectivity index is 1.42. The topological polar surface area (TPSA) is 83.1 Å². The molecule has 3 atom stereocenters. The van der Waals surface area contributed by atoms with Crippen molar-refractivity contribution in [3.8, 4) is 0 Å². The van der Waals surface area contributed by atoms with Gasteiger partial charge in [0.05, 0.1) is 18.8 Å². The molecule has 2 amide bonds. The fraction of sp³-hybridized carbons (Fsp3) is 0.300. The van der Waals surface area contributed by atoms with Crippen molar-refractivity contribution in [1.29, 1.82) is 0 Å². The zero-order valence-corrected chi connectivity index (χ0v) is 21.2. The molecule has 3 aromatic carbocycles. The van der Waals surface area contributed by atoms with Gasteiger partial charge in [0.1, 0.15) is 0 Å². The average molecular weight is 502 g/mol. The second kappa shape index (κ2) is 13.2. The number of likely N-dealkylation sites (N-methyl/N-ethyl adjacent to an activating group) is 1. The minimum atomic E-state index is -0.542. The smallest absolute Gasteiger partial charge is 0.319 e. The van der Waals surface area contributed by atoms with Crippen molar-refractivity contribution in [2.45, 2.75) is 38.1 Å². The zero-order chi connectivity index (χ0) is 26.0. The van der Waals surface area contributed by atoms with E-state index in [1.54, 1.807) is 0 Å². The molecule has 4 rings (SSSR count). The van der Waals surface area contributed by atoms with Gasteiger partial charge < -0.3 is 30.1 Å². The van der Waals surface area contributed by atoms with E-state index in [0.717, 1.165) is 41.8 Å². The molecule has 1 fully saturated rings. The number of anilines is 1. The van der Waals surface area contributed by atoms with E-state index in [9.17, 15) is 9.90 Å². The van der Waals surface area contributed by atoms with Crippen LogP contribution in [0.15, 0.2) is 91.5 Å². The minimum absolute atomic E-state index is 0.0111. The largest absolute Gasteiger partial charge is 0.392 e. The van der Waals surface area contributed by atoms with Crippen LogP contribution < -0.4 is 10.6 Å². The SMILES string of the molecule is C=CCN(C)C[C@@H]1C[C@H](c2ccc(CO)cc2)O[C@H](c2ccc(NC(=O)NCc3ccccc3)cc2)O1. The monoisotopic (exact) mass is 501 g/mol. The average Bonchev–Trinajstić information content (AvgIpc) is 2.93. The quantitative estimate of drug-likeness (QED) is 0.334. The van der Waals surface area contributed by atoms with E-state index in [-0.39, 0.29) is 24.8 Å². The first-order valence-corrected chi connectivity index (χ1v) is 12.5. The number of benzene rings is 3. The first-order valence-electron chi connectivity index (χ1n) is 12.5. The molecule has 7 nitrogen and oxygen atoms in total. The molecule has 0 saturated carbocycles. The number of rotatable bonds is 10. The van der Waals surface area contributed by atoms with Crippen LogP contribution in [0.2, 0.25) is 0 Å². The van der Waals surface area contributed by atoms with Crippen LogP contribution in [0.5, 0.6) is 0 Å². The molecule has 1 aliphatic rings. The number of hydrogen-bond acceptors (Lipinski definition) is 5. The number of amides is 2. The van der Waals surface area contributed by atoms with E-state index in [2.05, 4.69) is 22.1 Å². The van der Waals surface area contributed by atoms with Crippen LogP contribution in [0.4, 0.5) is 10.5 Å². The summed E-state index contributed by atoms with van der Waals surface area (Å²) in [5.41, 5.74) is 4.51. The third-order valence-electron chi connectivity index (χ3n) is 6.31. The number of aliphatic hydroxyl groups is 1. The molecule has 3 aromatic rings. The first-order chi connectivity index (χ1) is 18.0. The summed E-state index contributed by atoms with van der Waals surface area (Å²) in [5, 5.41) is 15.1.